The van der Waals surface area contributed by atoms with Crippen molar-refractivity contribution in [1.29, 1.82) is 5.26 Å². The topological polar surface area (TPSA) is 173 Å². The average Bonchev–Trinajstić information content (AvgIpc) is 3.40. The number of nitrogens with two attached hydrogens (primary N) is 1. The zero-order chi connectivity index (χ0) is 29.7. The third-order valence-corrected chi connectivity index (χ3v) is 6.14. The second-order valence-corrected chi connectivity index (χ2v) is 11.8. The Balaban J connectivity index is 2.23. The van der Waals surface area contributed by atoms with Crippen LogP contribution in [0.3, 0.4) is 0 Å². The van der Waals surface area contributed by atoms with Crippen molar-refractivity contribution in [2.45, 2.75) is 91.9 Å². The first-order valence-corrected chi connectivity index (χ1v) is 13.8. The molecule has 3 rings (SSSR count). The van der Waals surface area contributed by atoms with Crippen molar-refractivity contribution >= 4 is 29.2 Å². The number of hydrogen-bond acceptors (Lipinski definition) is 11. The second-order valence-electron chi connectivity index (χ2n) is 11.8. The van der Waals surface area contributed by atoms with Gasteiger partial charge >= 0.3 is 0 Å². The van der Waals surface area contributed by atoms with Crippen molar-refractivity contribution < 1.29 is 0 Å². The first-order chi connectivity index (χ1) is 18.8. The van der Waals surface area contributed by atoms with Gasteiger partial charge in [0, 0.05) is 31.0 Å². The molecule has 13 nitrogen and oxygen atoms in total. The third kappa shape index (κ3) is 6.91. The third-order valence-electron chi connectivity index (χ3n) is 6.14. The Kier molecular flexibility index (Phi) is 9.44. The van der Waals surface area contributed by atoms with Crippen LogP contribution in [0.4, 0.5) is 29.2 Å². The lowest BCUT2D eigenvalue weighted by Gasteiger charge is -2.15. The normalized spacial score (nSPS) is 12.2. The summed E-state index contributed by atoms with van der Waals surface area (Å²) in [6, 6.07) is 2.28. The first kappa shape index (κ1) is 30.5. The molecule has 3 aromatic heterocycles. The van der Waals surface area contributed by atoms with Crippen LogP contribution < -0.4 is 16.4 Å². The van der Waals surface area contributed by atoms with Crippen molar-refractivity contribution in [3.05, 3.63) is 17.0 Å². The molecule has 0 aliphatic carbocycles. The van der Waals surface area contributed by atoms with Gasteiger partial charge in [-0.05, 0) is 12.8 Å². The van der Waals surface area contributed by atoms with E-state index in [1.165, 1.54) is 4.68 Å². The zero-order valence-corrected chi connectivity index (χ0v) is 25.3. The zero-order valence-electron chi connectivity index (χ0n) is 25.3. The highest BCUT2D eigenvalue weighted by molar-refractivity contribution is 5.64. The number of nitrogens with one attached hydrogen (secondary N) is 2. The summed E-state index contributed by atoms with van der Waals surface area (Å²) in [5, 5.41) is 35.2. The summed E-state index contributed by atoms with van der Waals surface area (Å²) in [5.41, 5.74) is 7.53. The highest BCUT2D eigenvalue weighted by atomic mass is 15.4. The molecule has 0 aliphatic heterocycles. The summed E-state index contributed by atoms with van der Waals surface area (Å²) >= 11 is 0. The molecule has 0 saturated heterocycles. The van der Waals surface area contributed by atoms with Gasteiger partial charge in [-0.15, -0.1) is 10.2 Å². The van der Waals surface area contributed by atoms with Crippen molar-refractivity contribution in [2.24, 2.45) is 17.3 Å². The van der Waals surface area contributed by atoms with E-state index in [0.29, 0.717) is 47.9 Å². The Hall–Kier alpha value is -4.08. The maximum absolute atomic E-state index is 10.2. The smallest absolute Gasteiger partial charge is 0.259 e. The van der Waals surface area contributed by atoms with E-state index in [1.807, 2.05) is 41.5 Å². The quantitative estimate of drug-likeness (QED) is 0.201. The number of aromatic nitrogens is 7. The van der Waals surface area contributed by atoms with Gasteiger partial charge in [-0.3, -0.25) is 4.68 Å². The second kappa shape index (κ2) is 12.4. The predicted molar refractivity (Wildman–Crippen MR) is 158 cm³/mol. The van der Waals surface area contributed by atoms with E-state index >= 15 is 0 Å². The lowest BCUT2D eigenvalue weighted by Crippen LogP contribution is -2.16. The van der Waals surface area contributed by atoms with Gasteiger partial charge in [0.05, 0.1) is 11.4 Å². The number of anilines is 3. The summed E-state index contributed by atoms with van der Waals surface area (Å²) in [7, 11) is 1.76. The molecule has 0 saturated carbocycles. The number of hydrogen-bond donors (Lipinski definition) is 3. The standard InChI is InChI=1S/C27H43N13/c1-10-12-14-30-23-32-24(31-15-13-11-2)34-25(33-23)40-22(17(16-28)19(38-40)26(3,4)5)36-35-18-20(27(6,7)8)37-39(9)21(18)29/h10-15,29H2,1-9H3,(H2,30,31,32,33,34)/b36-35+. The van der Waals surface area contributed by atoms with E-state index in [1.54, 1.807) is 11.7 Å². The number of nitrogens with zero attached hydrogens (tertiary/aromatic N) is 10. The monoisotopic (exact) mass is 549 g/mol. The first-order valence-electron chi connectivity index (χ1n) is 13.8. The molecule has 0 spiro atoms. The molecule has 40 heavy (non-hydrogen) atoms. The molecule has 0 fully saturated rings. The summed E-state index contributed by atoms with van der Waals surface area (Å²) in [4.78, 5) is 13.8. The summed E-state index contributed by atoms with van der Waals surface area (Å²) in [6.07, 6.45) is 4.00. The van der Waals surface area contributed by atoms with E-state index in [4.69, 9.17) is 10.8 Å². The molecule has 3 aromatic rings. The molecule has 0 amide bonds. The van der Waals surface area contributed by atoms with Crippen LogP contribution >= 0.6 is 0 Å². The summed E-state index contributed by atoms with van der Waals surface area (Å²) in [5.74, 6) is 1.64. The summed E-state index contributed by atoms with van der Waals surface area (Å²) < 4.78 is 3.04. The van der Waals surface area contributed by atoms with Gasteiger partial charge in [0.1, 0.15) is 17.5 Å². The SMILES string of the molecule is CCCCNc1nc(NCCCC)nc(-n2nc(C(C)(C)C)c(C#N)c2/N=N/c2c(C(C)(C)C)nn(C)c2N)n1. The van der Waals surface area contributed by atoms with Crippen LogP contribution in [0.5, 0.6) is 0 Å². The number of nitriles is 1. The molecule has 0 bridgehead atoms. The Morgan fingerprint density at radius 3 is 1.88 bits per heavy atom. The lowest BCUT2D eigenvalue weighted by molar-refractivity contribution is 0.554. The molecule has 216 valence electrons. The van der Waals surface area contributed by atoms with Crippen LogP contribution in [0, 0.1) is 11.3 Å². The van der Waals surface area contributed by atoms with E-state index in [-0.39, 0.29) is 22.7 Å². The van der Waals surface area contributed by atoms with Crippen molar-refractivity contribution in [2.75, 3.05) is 29.5 Å². The minimum Gasteiger partial charge on any atom is -0.382 e. The van der Waals surface area contributed by atoms with Crippen molar-refractivity contribution in [1.82, 2.24) is 34.5 Å². The molecule has 4 N–H and O–H groups in total. The van der Waals surface area contributed by atoms with E-state index in [0.717, 1.165) is 25.7 Å². The number of rotatable bonds is 11. The largest absolute Gasteiger partial charge is 0.382 e. The van der Waals surface area contributed by atoms with Crippen LogP contribution in [0.25, 0.3) is 5.95 Å². The number of nitrogen functional groups attached to an aromatic ring is 1. The fraction of sp³-hybridized carbons (Fsp3) is 0.630. The Labute approximate surface area is 236 Å². The lowest BCUT2D eigenvalue weighted by atomic mass is 9.90. The molecular weight excluding hydrogens is 506 g/mol. The summed E-state index contributed by atoms with van der Waals surface area (Å²) in [6.45, 7) is 17.7. The van der Waals surface area contributed by atoms with Crippen LogP contribution in [-0.4, -0.2) is 47.6 Å². The molecule has 13 heteroatoms. The number of aryl methyl sites for hydroxylation is 1. The van der Waals surface area contributed by atoms with E-state index in [2.05, 4.69) is 60.8 Å². The highest BCUT2D eigenvalue weighted by Crippen LogP contribution is 2.38. The maximum atomic E-state index is 10.2. The van der Waals surface area contributed by atoms with Crippen LogP contribution in [0.1, 0.15) is 98.0 Å². The van der Waals surface area contributed by atoms with Gasteiger partial charge in [-0.1, -0.05) is 68.2 Å². The van der Waals surface area contributed by atoms with Crippen LogP contribution in [0.15, 0.2) is 10.2 Å². The van der Waals surface area contributed by atoms with Crippen LogP contribution in [0.2, 0.25) is 0 Å². The van der Waals surface area contributed by atoms with Gasteiger partial charge in [0.25, 0.3) is 5.95 Å². The van der Waals surface area contributed by atoms with E-state index in [9.17, 15) is 5.26 Å². The molecule has 3 heterocycles. The number of azo groups is 1. The van der Waals surface area contributed by atoms with Gasteiger partial charge < -0.3 is 16.4 Å². The van der Waals surface area contributed by atoms with Gasteiger partial charge in [-0.25, -0.2) is 0 Å². The predicted octanol–water partition coefficient (Wildman–Crippen LogP) is 5.68. The molecule has 0 atom stereocenters. The molecule has 0 aromatic carbocycles. The van der Waals surface area contributed by atoms with Crippen molar-refractivity contribution in [3.8, 4) is 12.0 Å². The molecule has 0 aliphatic rings. The van der Waals surface area contributed by atoms with Gasteiger partial charge in [0.15, 0.2) is 11.5 Å². The fourth-order valence-corrected chi connectivity index (χ4v) is 3.87. The Morgan fingerprint density at radius 2 is 1.40 bits per heavy atom. The van der Waals surface area contributed by atoms with Gasteiger partial charge in [0.2, 0.25) is 11.9 Å². The average molecular weight is 550 g/mol. The van der Waals surface area contributed by atoms with Crippen molar-refractivity contribution in [3.63, 3.8) is 0 Å². The minimum absolute atomic E-state index is 0.209. The van der Waals surface area contributed by atoms with Gasteiger partial charge in [-0.2, -0.15) is 35.1 Å². The maximum Gasteiger partial charge on any atom is 0.259 e. The molecular formula is C27H43N13. The number of unbranched alkanes of at least 4 members (excludes halogenated alkanes) is 2. The Bertz CT molecular complexity index is 1350. The van der Waals surface area contributed by atoms with Crippen LogP contribution in [-0.2, 0) is 17.9 Å². The minimum atomic E-state index is -0.456. The Morgan fingerprint density at radius 1 is 0.850 bits per heavy atom. The highest BCUT2D eigenvalue weighted by Gasteiger charge is 2.30. The molecule has 0 unspecified atom stereocenters. The fourth-order valence-electron chi connectivity index (χ4n) is 3.87. The molecule has 0 radical (unpaired) electrons. The van der Waals surface area contributed by atoms with E-state index < -0.39 is 5.41 Å².